The number of aromatic nitrogens is 4. The first-order valence-electron chi connectivity index (χ1n) is 7.17. The van der Waals surface area contributed by atoms with Gasteiger partial charge < -0.3 is 4.98 Å². The van der Waals surface area contributed by atoms with E-state index in [0.717, 1.165) is 23.4 Å². The van der Waals surface area contributed by atoms with Crippen molar-refractivity contribution in [3.05, 3.63) is 66.7 Å². The summed E-state index contributed by atoms with van der Waals surface area (Å²) in [7, 11) is 0. The summed E-state index contributed by atoms with van der Waals surface area (Å²) in [5.41, 5.74) is 2.23. The van der Waals surface area contributed by atoms with Gasteiger partial charge in [-0.1, -0.05) is 0 Å². The first-order valence-corrected chi connectivity index (χ1v) is 7.17. The molecule has 0 aliphatic heterocycles. The van der Waals surface area contributed by atoms with Crippen molar-refractivity contribution in [2.24, 2.45) is 0 Å². The third-order valence-corrected chi connectivity index (χ3v) is 3.79. The number of hydrogen-bond donors (Lipinski definition) is 1. The summed E-state index contributed by atoms with van der Waals surface area (Å²) in [6, 6.07) is 8.95. The highest BCUT2D eigenvalue weighted by atomic mass is 19.4. The summed E-state index contributed by atoms with van der Waals surface area (Å²) in [5, 5.41) is 4.69. The molecule has 120 valence electrons. The van der Waals surface area contributed by atoms with E-state index >= 15 is 0 Å². The first-order chi connectivity index (χ1) is 11.5. The number of H-pyrrole nitrogens is 1. The molecule has 1 N–H and O–H groups in total. The molecule has 0 aliphatic carbocycles. The Balaban J connectivity index is 1.86. The lowest BCUT2D eigenvalue weighted by molar-refractivity contribution is -0.137. The molecule has 0 atom stereocenters. The van der Waals surface area contributed by atoms with Gasteiger partial charge in [0.1, 0.15) is 0 Å². The Morgan fingerprint density at radius 2 is 1.92 bits per heavy atom. The maximum absolute atomic E-state index is 12.9. The molecule has 0 bridgehead atoms. The largest absolute Gasteiger partial charge is 0.416 e. The Hall–Kier alpha value is -3.09. The van der Waals surface area contributed by atoms with Crippen molar-refractivity contribution in [3.63, 3.8) is 0 Å². The third-order valence-electron chi connectivity index (χ3n) is 3.79. The maximum atomic E-state index is 12.9. The summed E-state index contributed by atoms with van der Waals surface area (Å²) in [5.74, 6) is 0. The normalized spacial score (nSPS) is 12.0. The number of hydrogen-bond acceptors (Lipinski definition) is 2. The van der Waals surface area contributed by atoms with Crippen LogP contribution in [0.3, 0.4) is 0 Å². The number of nitrogens with zero attached hydrogens (tertiary/aromatic N) is 3. The van der Waals surface area contributed by atoms with Crippen molar-refractivity contribution < 1.29 is 13.2 Å². The van der Waals surface area contributed by atoms with Gasteiger partial charge in [0.05, 0.1) is 17.4 Å². The van der Waals surface area contributed by atoms with E-state index in [4.69, 9.17) is 0 Å². The Morgan fingerprint density at radius 1 is 1.04 bits per heavy atom. The molecular formula is C17H11F3N4. The van der Waals surface area contributed by atoms with Crippen LogP contribution in [0.5, 0.6) is 0 Å². The van der Waals surface area contributed by atoms with Crippen LogP contribution in [0.1, 0.15) is 5.56 Å². The molecule has 0 saturated heterocycles. The summed E-state index contributed by atoms with van der Waals surface area (Å²) >= 11 is 0. The average molecular weight is 328 g/mol. The predicted molar refractivity (Wildman–Crippen MR) is 83.7 cm³/mol. The van der Waals surface area contributed by atoms with E-state index < -0.39 is 11.7 Å². The van der Waals surface area contributed by atoms with Crippen molar-refractivity contribution in [2.75, 3.05) is 0 Å². The van der Waals surface area contributed by atoms with Crippen molar-refractivity contribution >= 4 is 10.9 Å². The van der Waals surface area contributed by atoms with Gasteiger partial charge in [-0.05, 0) is 36.4 Å². The second-order valence-corrected chi connectivity index (χ2v) is 5.33. The Bertz CT molecular complexity index is 1000. The molecular weight excluding hydrogens is 317 g/mol. The number of nitrogens with one attached hydrogen (secondary N) is 1. The molecule has 0 amide bonds. The molecule has 4 nitrogen and oxygen atoms in total. The SMILES string of the molecule is FC(F)(F)c1ccc2[nH]c(-c3ccncc3-n3cccn3)cc2c1. The van der Waals surface area contributed by atoms with Crippen molar-refractivity contribution in [1.82, 2.24) is 19.7 Å². The van der Waals surface area contributed by atoms with Crippen LogP contribution in [-0.2, 0) is 6.18 Å². The van der Waals surface area contributed by atoms with Crippen LogP contribution in [-0.4, -0.2) is 19.7 Å². The molecule has 0 saturated carbocycles. The number of alkyl halides is 3. The fraction of sp³-hybridized carbons (Fsp3) is 0.0588. The van der Waals surface area contributed by atoms with Gasteiger partial charge in [0.15, 0.2) is 0 Å². The quantitative estimate of drug-likeness (QED) is 0.591. The van der Waals surface area contributed by atoms with Gasteiger partial charge in [-0.25, -0.2) is 4.68 Å². The zero-order chi connectivity index (χ0) is 16.7. The first kappa shape index (κ1) is 14.5. The Morgan fingerprint density at radius 3 is 2.67 bits per heavy atom. The van der Waals surface area contributed by atoms with Gasteiger partial charge in [-0.15, -0.1) is 0 Å². The number of benzene rings is 1. The van der Waals surface area contributed by atoms with E-state index in [1.54, 1.807) is 47.7 Å². The van der Waals surface area contributed by atoms with Crippen LogP contribution in [0, 0.1) is 0 Å². The van der Waals surface area contributed by atoms with Gasteiger partial charge in [0.2, 0.25) is 0 Å². The summed E-state index contributed by atoms with van der Waals surface area (Å²) in [6.07, 6.45) is 2.37. The zero-order valence-electron chi connectivity index (χ0n) is 12.2. The fourth-order valence-corrected chi connectivity index (χ4v) is 2.66. The fourth-order valence-electron chi connectivity index (χ4n) is 2.66. The molecule has 0 spiro atoms. The Labute approximate surface area is 134 Å². The molecule has 0 aliphatic rings. The van der Waals surface area contributed by atoms with Crippen LogP contribution in [0.2, 0.25) is 0 Å². The number of fused-ring (bicyclic) bond motifs is 1. The van der Waals surface area contributed by atoms with E-state index in [1.807, 2.05) is 0 Å². The standard InChI is InChI=1S/C17H11F3N4/c18-17(19,20)12-2-3-14-11(8-12)9-15(23-14)13-4-6-21-10-16(13)24-7-1-5-22-24/h1-10,23H. The van der Waals surface area contributed by atoms with Gasteiger partial charge >= 0.3 is 6.18 Å². The molecule has 24 heavy (non-hydrogen) atoms. The highest BCUT2D eigenvalue weighted by Gasteiger charge is 2.30. The minimum atomic E-state index is -4.36. The molecule has 1 aromatic carbocycles. The van der Waals surface area contributed by atoms with Gasteiger partial charge in [0.25, 0.3) is 0 Å². The lowest BCUT2D eigenvalue weighted by atomic mass is 10.1. The van der Waals surface area contributed by atoms with Crippen LogP contribution >= 0.6 is 0 Å². The highest BCUT2D eigenvalue weighted by Crippen LogP contribution is 2.33. The second-order valence-electron chi connectivity index (χ2n) is 5.33. The smallest absolute Gasteiger partial charge is 0.354 e. The highest BCUT2D eigenvalue weighted by molar-refractivity contribution is 5.88. The van der Waals surface area contributed by atoms with Crippen LogP contribution in [0.25, 0.3) is 27.8 Å². The molecule has 4 rings (SSSR count). The molecule has 0 radical (unpaired) electrons. The monoisotopic (exact) mass is 328 g/mol. The van der Waals surface area contributed by atoms with E-state index in [2.05, 4.69) is 15.1 Å². The van der Waals surface area contributed by atoms with E-state index in [1.165, 1.54) is 6.07 Å². The van der Waals surface area contributed by atoms with Crippen molar-refractivity contribution in [3.8, 4) is 16.9 Å². The van der Waals surface area contributed by atoms with Crippen LogP contribution in [0.15, 0.2) is 61.2 Å². The predicted octanol–water partition coefficient (Wildman–Crippen LogP) is 4.43. The number of rotatable bonds is 2. The third kappa shape index (κ3) is 2.44. The van der Waals surface area contributed by atoms with E-state index in [9.17, 15) is 13.2 Å². The van der Waals surface area contributed by atoms with Gasteiger partial charge in [-0.3, -0.25) is 4.98 Å². The summed E-state index contributed by atoms with van der Waals surface area (Å²) in [4.78, 5) is 7.26. The summed E-state index contributed by atoms with van der Waals surface area (Å²) < 4.78 is 40.3. The lowest BCUT2D eigenvalue weighted by Gasteiger charge is -2.07. The average Bonchev–Trinajstić information content (AvgIpc) is 3.22. The van der Waals surface area contributed by atoms with Crippen molar-refractivity contribution in [2.45, 2.75) is 6.18 Å². The number of halogens is 3. The molecule has 3 aromatic heterocycles. The van der Waals surface area contributed by atoms with E-state index in [0.29, 0.717) is 16.6 Å². The molecule has 0 fully saturated rings. The number of pyridine rings is 1. The minimum absolute atomic E-state index is 0.503. The molecule has 3 heterocycles. The topological polar surface area (TPSA) is 46.5 Å². The van der Waals surface area contributed by atoms with Crippen molar-refractivity contribution in [1.29, 1.82) is 0 Å². The zero-order valence-corrected chi connectivity index (χ0v) is 12.2. The van der Waals surface area contributed by atoms with Gasteiger partial charge in [-0.2, -0.15) is 18.3 Å². The Kier molecular flexibility index (Phi) is 3.16. The molecule has 7 heteroatoms. The summed E-state index contributed by atoms with van der Waals surface area (Å²) in [6.45, 7) is 0. The second kappa shape index (κ2) is 5.23. The molecule has 4 aromatic rings. The molecule has 0 unspecified atom stereocenters. The van der Waals surface area contributed by atoms with Crippen LogP contribution in [0.4, 0.5) is 13.2 Å². The minimum Gasteiger partial charge on any atom is -0.354 e. The van der Waals surface area contributed by atoms with E-state index in [-0.39, 0.29) is 0 Å². The number of aromatic amines is 1. The lowest BCUT2D eigenvalue weighted by Crippen LogP contribution is -2.03. The van der Waals surface area contributed by atoms with Gasteiger partial charge in [0, 0.05) is 40.8 Å². The maximum Gasteiger partial charge on any atom is 0.416 e. The van der Waals surface area contributed by atoms with Crippen LogP contribution < -0.4 is 0 Å².